The fraction of sp³-hybridized carbons (Fsp3) is 0.923. The van der Waals surface area contributed by atoms with Gasteiger partial charge in [0.1, 0.15) is 0 Å². The fourth-order valence-corrected chi connectivity index (χ4v) is 3.05. The van der Waals surface area contributed by atoms with Crippen molar-refractivity contribution in [2.24, 2.45) is 17.3 Å². The van der Waals surface area contributed by atoms with Crippen molar-refractivity contribution < 1.29 is 18.7 Å². The summed E-state index contributed by atoms with van der Waals surface area (Å²) in [6, 6.07) is 0. The normalized spacial score (nSPS) is 28.6. The molecule has 0 amide bonds. The molecule has 4 heteroatoms. The van der Waals surface area contributed by atoms with Gasteiger partial charge in [-0.25, -0.2) is 8.78 Å². The quantitative estimate of drug-likeness (QED) is 0.821. The fourth-order valence-electron chi connectivity index (χ4n) is 3.05. The van der Waals surface area contributed by atoms with E-state index in [9.17, 15) is 18.7 Å². The molecule has 98 valence electrons. The second kappa shape index (κ2) is 4.21. The van der Waals surface area contributed by atoms with E-state index >= 15 is 0 Å². The highest BCUT2D eigenvalue weighted by atomic mass is 19.3. The zero-order valence-electron chi connectivity index (χ0n) is 10.2. The molecule has 1 N–H and O–H groups in total. The Labute approximate surface area is 100 Å². The van der Waals surface area contributed by atoms with Gasteiger partial charge in [0.15, 0.2) is 0 Å². The smallest absolute Gasteiger partial charge is 0.309 e. The average molecular weight is 246 g/mol. The van der Waals surface area contributed by atoms with Gasteiger partial charge in [-0.3, -0.25) is 4.79 Å². The predicted molar refractivity (Wildman–Crippen MR) is 60.0 cm³/mol. The number of carbonyl (C=O) groups is 1. The SMILES string of the molecule is CC(CC1(C(=O)O)CCC(F)(F)CC1)C1CC1. The molecule has 17 heavy (non-hydrogen) atoms. The van der Waals surface area contributed by atoms with Crippen LogP contribution in [0.5, 0.6) is 0 Å². The second-order valence-electron chi connectivity index (χ2n) is 5.96. The van der Waals surface area contributed by atoms with Gasteiger partial charge in [0.2, 0.25) is 5.92 Å². The molecule has 0 aromatic carbocycles. The zero-order valence-corrected chi connectivity index (χ0v) is 10.2. The summed E-state index contributed by atoms with van der Waals surface area (Å²) in [5.41, 5.74) is -0.885. The molecular formula is C13H20F2O2. The topological polar surface area (TPSA) is 37.3 Å². The van der Waals surface area contributed by atoms with Crippen molar-refractivity contribution in [1.29, 1.82) is 0 Å². The Balaban J connectivity index is 2.03. The first-order valence-corrected chi connectivity index (χ1v) is 6.46. The molecule has 0 saturated heterocycles. The molecule has 1 atom stereocenters. The van der Waals surface area contributed by atoms with Crippen LogP contribution in [0.2, 0.25) is 0 Å². The van der Waals surface area contributed by atoms with Crippen LogP contribution < -0.4 is 0 Å². The molecule has 0 heterocycles. The van der Waals surface area contributed by atoms with Gasteiger partial charge in [0.25, 0.3) is 0 Å². The molecule has 0 bridgehead atoms. The molecule has 2 aliphatic rings. The predicted octanol–water partition coefficient (Wildman–Crippen LogP) is 3.70. The van der Waals surface area contributed by atoms with E-state index in [1.807, 2.05) is 0 Å². The van der Waals surface area contributed by atoms with Crippen LogP contribution in [0, 0.1) is 17.3 Å². The van der Waals surface area contributed by atoms with Crippen molar-refractivity contribution >= 4 is 5.97 Å². The van der Waals surface area contributed by atoms with E-state index < -0.39 is 17.3 Å². The van der Waals surface area contributed by atoms with Gasteiger partial charge in [0.05, 0.1) is 5.41 Å². The number of carboxylic acid groups (broad SMARTS) is 1. The van der Waals surface area contributed by atoms with Crippen molar-refractivity contribution in [3.05, 3.63) is 0 Å². The van der Waals surface area contributed by atoms with Crippen LogP contribution in [0.4, 0.5) is 8.78 Å². The Hall–Kier alpha value is -0.670. The summed E-state index contributed by atoms with van der Waals surface area (Å²) < 4.78 is 26.3. The summed E-state index contributed by atoms with van der Waals surface area (Å²) in [7, 11) is 0. The van der Waals surface area contributed by atoms with E-state index in [-0.39, 0.29) is 25.7 Å². The van der Waals surface area contributed by atoms with Gasteiger partial charge in [-0.1, -0.05) is 6.92 Å². The highest BCUT2D eigenvalue weighted by Gasteiger charge is 2.49. The maximum Gasteiger partial charge on any atom is 0.309 e. The number of rotatable bonds is 4. The van der Waals surface area contributed by atoms with Crippen molar-refractivity contribution in [3.8, 4) is 0 Å². The van der Waals surface area contributed by atoms with Gasteiger partial charge in [-0.05, 0) is 43.9 Å². The summed E-state index contributed by atoms with van der Waals surface area (Å²) in [5.74, 6) is -2.53. The summed E-state index contributed by atoms with van der Waals surface area (Å²) >= 11 is 0. The maximum atomic E-state index is 13.1. The lowest BCUT2D eigenvalue weighted by Gasteiger charge is -2.38. The number of hydrogen-bond donors (Lipinski definition) is 1. The summed E-state index contributed by atoms with van der Waals surface area (Å²) in [4.78, 5) is 11.4. The average Bonchev–Trinajstić information content (AvgIpc) is 3.04. The van der Waals surface area contributed by atoms with Gasteiger partial charge in [-0.2, -0.15) is 0 Å². The molecule has 2 saturated carbocycles. The molecule has 2 nitrogen and oxygen atoms in total. The number of aliphatic carboxylic acids is 1. The first kappa shape index (κ1) is 12.8. The molecule has 1 unspecified atom stereocenters. The number of halogens is 2. The summed E-state index contributed by atoms with van der Waals surface area (Å²) in [6.45, 7) is 2.06. The Morgan fingerprint density at radius 1 is 1.29 bits per heavy atom. The summed E-state index contributed by atoms with van der Waals surface area (Å²) in [6.07, 6.45) is 2.65. The lowest BCUT2D eigenvalue weighted by molar-refractivity contribution is -0.158. The van der Waals surface area contributed by atoms with E-state index in [2.05, 4.69) is 6.92 Å². The Morgan fingerprint density at radius 3 is 2.24 bits per heavy atom. The minimum atomic E-state index is -2.65. The van der Waals surface area contributed by atoms with Crippen LogP contribution in [0.1, 0.15) is 51.9 Å². The van der Waals surface area contributed by atoms with Crippen LogP contribution in [0.15, 0.2) is 0 Å². The zero-order chi connectivity index (χ0) is 12.7. The first-order chi connectivity index (χ1) is 7.85. The van der Waals surface area contributed by atoms with Crippen LogP contribution in [-0.2, 0) is 4.79 Å². The lowest BCUT2D eigenvalue weighted by atomic mass is 9.67. The molecule has 2 fully saturated rings. The monoisotopic (exact) mass is 246 g/mol. The van der Waals surface area contributed by atoms with E-state index in [0.717, 1.165) is 0 Å². The largest absolute Gasteiger partial charge is 0.481 e. The van der Waals surface area contributed by atoms with Gasteiger partial charge < -0.3 is 5.11 Å². The minimum Gasteiger partial charge on any atom is -0.481 e. The van der Waals surface area contributed by atoms with Gasteiger partial charge in [-0.15, -0.1) is 0 Å². The molecular weight excluding hydrogens is 226 g/mol. The van der Waals surface area contributed by atoms with Crippen LogP contribution >= 0.6 is 0 Å². The third-order valence-corrected chi connectivity index (χ3v) is 4.53. The van der Waals surface area contributed by atoms with Crippen LogP contribution in [0.3, 0.4) is 0 Å². The minimum absolute atomic E-state index is 0.131. The van der Waals surface area contributed by atoms with Crippen LogP contribution in [-0.4, -0.2) is 17.0 Å². The van der Waals surface area contributed by atoms with E-state index in [1.54, 1.807) is 0 Å². The summed E-state index contributed by atoms with van der Waals surface area (Å²) in [5, 5.41) is 9.37. The number of alkyl halides is 2. The lowest BCUT2D eigenvalue weighted by Crippen LogP contribution is -2.40. The molecule has 0 radical (unpaired) electrons. The maximum absolute atomic E-state index is 13.1. The Morgan fingerprint density at radius 2 is 1.82 bits per heavy atom. The van der Waals surface area contributed by atoms with Gasteiger partial charge in [0, 0.05) is 12.8 Å². The number of carboxylic acids is 1. The molecule has 2 rings (SSSR count). The number of hydrogen-bond acceptors (Lipinski definition) is 1. The highest BCUT2D eigenvalue weighted by Crippen LogP contribution is 2.50. The first-order valence-electron chi connectivity index (χ1n) is 6.46. The van der Waals surface area contributed by atoms with E-state index in [1.165, 1.54) is 12.8 Å². The molecule has 0 aliphatic heterocycles. The van der Waals surface area contributed by atoms with Crippen molar-refractivity contribution in [2.75, 3.05) is 0 Å². The Bertz CT molecular complexity index is 301. The van der Waals surface area contributed by atoms with Crippen molar-refractivity contribution in [1.82, 2.24) is 0 Å². The third-order valence-electron chi connectivity index (χ3n) is 4.53. The molecule has 0 spiro atoms. The standard InChI is InChI=1S/C13H20F2O2/c1-9(10-2-3-10)8-12(11(16)17)4-6-13(14,15)7-5-12/h9-10H,2-8H2,1H3,(H,16,17). The van der Waals surface area contributed by atoms with Gasteiger partial charge >= 0.3 is 5.97 Å². The third kappa shape index (κ3) is 2.78. The van der Waals surface area contributed by atoms with Crippen molar-refractivity contribution in [3.63, 3.8) is 0 Å². The van der Waals surface area contributed by atoms with Crippen LogP contribution in [0.25, 0.3) is 0 Å². The second-order valence-corrected chi connectivity index (χ2v) is 5.96. The molecule has 2 aliphatic carbocycles. The highest BCUT2D eigenvalue weighted by molar-refractivity contribution is 5.74. The van der Waals surface area contributed by atoms with E-state index in [0.29, 0.717) is 18.3 Å². The Kier molecular flexibility index (Phi) is 3.17. The van der Waals surface area contributed by atoms with E-state index in [4.69, 9.17) is 0 Å². The molecule has 0 aromatic heterocycles. The van der Waals surface area contributed by atoms with Crippen molar-refractivity contribution in [2.45, 2.75) is 57.8 Å². The molecule has 0 aromatic rings.